The van der Waals surface area contributed by atoms with Crippen LogP contribution >= 0.6 is 0 Å². The van der Waals surface area contributed by atoms with Crippen molar-refractivity contribution in [1.82, 2.24) is 0 Å². The highest BCUT2D eigenvalue weighted by atomic mass is 32.2. The van der Waals surface area contributed by atoms with E-state index in [9.17, 15) is 8.42 Å². The van der Waals surface area contributed by atoms with Crippen molar-refractivity contribution in [2.75, 3.05) is 0 Å². The van der Waals surface area contributed by atoms with Gasteiger partial charge in [0.25, 0.3) is 0 Å². The van der Waals surface area contributed by atoms with Crippen LogP contribution in [0.5, 0.6) is 0 Å². The minimum Gasteiger partial charge on any atom is -0.228 e. The van der Waals surface area contributed by atoms with E-state index in [0.717, 1.165) is 19.3 Å². The maximum absolute atomic E-state index is 11.1. The van der Waals surface area contributed by atoms with E-state index < -0.39 is 10.0 Å². The molecule has 0 amide bonds. The molecule has 0 heterocycles. The summed E-state index contributed by atoms with van der Waals surface area (Å²) in [6, 6.07) is 0. The second kappa shape index (κ2) is 3.34. The SMILES string of the molecule is CC1CCCC(S(N)(=O)=O)C1C. The number of hydrogen-bond donors (Lipinski definition) is 1. The fourth-order valence-electron chi connectivity index (χ4n) is 2.00. The standard InChI is InChI=1S/C8H17NO2S/c1-6-4-3-5-8(7(6)2)12(9,10)11/h6-8H,3-5H2,1-2H3,(H2,9,10,11). The highest BCUT2D eigenvalue weighted by Gasteiger charge is 2.34. The molecule has 0 spiro atoms. The molecule has 0 aromatic heterocycles. The maximum Gasteiger partial charge on any atom is 0.212 e. The van der Waals surface area contributed by atoms with Crippen LogP contribution in [0.3, 0.4) is 0 Å². The van der Waals surface area contributed by atoms with Gasteiger partial charge in [-0.2, -0.15) is 0 Å². The topological polar surface area (TPSA) is 60.2 Å². The van der Waals surface area contributed by atoms with Gasteiger partial charge in [0.05, 0.1) is 5.25 Å². The molecule has 0 aromatic carbocycles. The number of hydrogen-bond acceptors (Lipinski definition) is 2. The summed E-state index contributed by atoms with van der Waals surface area (Å²) in [5.74, 6) is 0.704. The lowest BCUT2D eigenvalue weighted by molar-refractivity contribution is 0.278. The van der Waals surface area contributed by atoms with Crippen molar-refractivity contribution in [2.24, 2.45) is 17.0 Å². The van der Waals surface area contributed by atoms with E-state index in [0.29, 0.717) is 5.92 Å². The molecule has 4 heteroatoms. The number of sulfonamides is 1. The Morgan fingerprint density at radius 2 is 1.83 bits per heavy atom. The molecule has 0 saturated heterocycles. The van der Waals surface area contributed by atoms with Crippen LogP contribution in [-0.2, 0) is 10.0 Å². The summed E-state index contributed by atoms with van der Waals surface area (Å²) in [7, 11) is -3.31. The van der Waals surface area contributed by atoms with E-state index in [2.05, 4.69) is 6.92 Å². The van der Waals surface area contributed by atoms with Crippen molar-refractivity contribution in [3.8, 4) is 0 Å². The smallest absolute Gasteiger partial charge is 0.212 e. The Hall–Kier alpha value is -0.0900. The third-order valence-corrected chi connectivity index (χ3v) is 4.56. The van der Waals surface area contributed by atoms with Crippen molar-refractivity contribution in [1.29, 1.82) is 0 Å². The van der Waals surface area contributed by atoms with Crippen LogP contribution in [0, 0.1) is 11.8 Å². The van der Waals surface area contributed by atoms with Gasteiger partial charge in [-0.05, 0) is 18.3 Å². The zero-order valence-electron chi connectivity index (χ0n) is 7.66. The maximum atomic E-state index is 11.1. The third-order valence-electron chi connectivity index (χ3n) is 3.05. The zero-order chi connectivity index (χ0) is 9.35. The first-order valence-corrected chi connectivity index (χ1v) is 6.05. The van der Waals surface area contributed by atoms with Gasteiger partial charge in [-0.3, -0.25) is 0 Å². The molecule has 1 rings (SSSR count). The minimum atomic E-state index is -3.31. The van der Waals surface area contributed by atoms with E-state index in [-0.39, 0.29) is 11.2 Å². The van der Waals surface area contributed by atoms with Crippen LogP contribution < -0.4 is 5.14 Å². The molecule has 0 bridgehead atoms. The molecule has 0 radical (unpaired) electrons. The zero-order valence-corrected chi connectivity index (χ0v) is 8.47. The molecule has 0 aromatic rings. The molecule has 3 atom stereocenters. The van der Waals surface area contributed by atoms with Gasteiger partial charge in [-0.15, -0.1) is 0 Å². The molecule has 1 aliphatic rings. The van der Waals surface area contributed by atoms with Crippen molar-refractivity contribution in [3.63, 3.8) is 0 Å². The Kier molecular flexibility index (Phi) is 2.78. The van der Waals surface area contributed by atoms with E-state index in [1.54, 1.807) is 0 Å². The lowest BCUT2D eigenvalue weighted by Gasteiger charge is -2.32. The molecule has 72 valence electrons. The quantitative estimate of drug-likeness (QED) is 0.674. The number of primary sulfonamides is 1. The fourth-order valence-corrected chi connectivity index (χ4v) is 3.36. The van der Waals surface area contributed by atoms with Gasteiger partial charge >= 0.3 is 0 Å². The van der Waals surface area contributed by atoms with Crippen LogP contribution in [0.25, 0.3) is 0 Å². The number of rotatable bonds is 1. The molecule has 1 saturated carbocycles. The second-order valence-corrected chi connectivity index (χ2v) is 5.68. The molecule has 12 heavy (non-hydrogen) atoms. The average Bonchev–Trinajstić information content (AvgIpc) is 1.92. The van der Waals surface area contributed by atoms with Gasteiger partial charge in [0.2, 0.25) is 10.0 Å². The normalized spacial score (nSPS) is 38.1. The molecular weight excluding hydrogens is 174 g/mol. The summed E-state index contributed by atoms with van der Waals surface area (Å²) in [5.41, 5.74) is 0. The second-order valence-electron chi connectivity index (χ2n) is 3.89. The molecule has 2 N–H and O–H groups in total. The highest BCUT2D eigenvalue weighted by molar-refractivity contribution is 7.89. The fraction of sp³-hybridized carbons (Fsp3) is 1.00. The van der Waals surface area contributed by atoms with Crippen molar-refractivity contribution >= 4 is 10.0 Å². The van der Waals surface area contributed by atoms with Gasteiger partial charge < -0.3 is 0 Å². The first kappa shape index (κ1) is 9.99. The number of nitrogens with two attached hydrogens (primary N) is 1. The van der Waals surface area contributed by atoms with E-state index >= 15 is 0 Å². The van der Waals surface area contributed by atoms with E-state index in [1.165, 1.54) is 0 Å². The van der Waals surface area contributed by atoms with E-state index in [4.69, 9.17) is 5.14 Å². The van der Waals surface area contributed by atoms with Crippen LogP contribution in [0.2, 0.25) is 0 Å². The van der Waals surface area contributed by atoms with Crippen LogP contribution in [0.4, 0.5) is 0 Å². The molecule has 0 aliphatic heterocycles. The lowest BCUT2D eigenvalue weighted by atomic mass is 9.81. The Labute approximate surface area is 74.4 Å². The predicted octanol–water partition coefficient (Wildman–Crippen LogP) is 1.10. The van der Waals surface area contributed by atoms with Crippen molar-refractivity contribution in [3.05, 3.63) is 0 Å². The molecule has 3 nitrogen and oxygen atoms in total. The highest BCUT2D eigenvalue weighted by Crippen LogP contribution is 2.32. The Morgan fingerprint density at radius 1 is 1.25 bits per heavy atom. The Balaban J connectivity index is 2.78. The van der Waals surface area contributed by atoms with Gasteiger partial charge in [0.1, 0.15) is 0 Å². The first-order chi connectivity index (χ1) is 5.43. The summed E-state index contributed by atoms with van der Waals surface area (Å²) < 4.78 is 22.2. The molecule has 1 fully saturated rings. The molecule has 1 aliphatic carbocycles. The molecule has 3 unspecified atom stereocenters. The third kappa shape index (κ3) is 1.98. The summed E-state index contributed by atoms with van der Waals surface area (Å²) in [4.78, 5) is 0. The van der Waals surface area contributed by atoms with Gasteiger partial charge in [-0.25, -0.2) is 13.6 Å². The van der Waals surface area contributed by atoms with Crippen LogP contribution in [0.1, 0.15) is 33.1 Å². The Bertz CT molecular complexity index is 248. The summed E-state index contributed by atoms with van der Waals surface area (Å²) in [6.45, 7) is 4.08. The van der Waals surface area contributed by atoms with Crippen molar-refractivity contribution in [2.45, 2.75) is 38.4 Å². The summed E-state index contributed by atoms with van der Waals surface area (Å²) in [6.07, 6.45) is 2.87. The first-order valence-electron chi connectivity index (χ1n) is 4.44. The average molecular weight is 191 g/mol. The minimum absolute atomic E-state index is 0.216. The van der Waals surface area contributed by atoms with E-state index in [1.807, 2.05) is 6.92 Å². The lowest BCUT2D eigenvalue weighted by Crippen LogP contribution is -2.39. The summed E-state index contributed by atoms with van der Waals surface area (Å²) in [5, 5.41) is 4.83. The van der Waals surface area contributed by atoms with Gasteiger partial charge in [0, 0.05) is 0 Å². The molecular formula is C8H17NO2S. The monoisotopic (exact) mass is 191 g/mol. The van der Waals surface area contributed by atoms with Crippen LogP contribution in [-0.4, -0.2) is 13.7 Å². The summed E-state index contributed by atoms with van der Waals surface area (Å²) >= 11 is 0. The largest absolute Gasteiger partial charge is 0.228 e. The Morgan fingerprint density at radius 3 is 2.25 bits per heavy atom. The predicted molar refractivity (Wildman–Crippen MR) is 49.1 cm³/mol. The van der Waals surface area contributed by atoms with Crippen LogP contribution in [0.15, 0.2) is 0 Å². The van der Waals surface area contributed by atoms with Gasteiger partial charge in [-0.1, -0.05) is 26.7 Å². The van der Waals surface area contributed by atoms with Crippen molar-refractivity contribution < 1.29 is 8.42 Å². The van der Waals surface area contributed by atoms with Gasteiger partial charge in [0.15, 0.2) is 0 Å².